The largest absolute Gasteiger partial charge is 0.321 e. The molecule has 1 N–H and O–H groups in total. The van der Waals surface area contributed by atoms with E-state index in [-0.39, 0.29) is 17.1 Å². The predicted molar refractivity (Wildman–Crippen MR) is 113 cm³/mol. The number of amides is 1. The van der Waals surface area contributed by atoms with Gasteiger partial charge in [-0.05, 0) is 43.7 Å². The molecule has 1 aromatic heterocycles. The number of hydrogen-bond donors (Lipinski definition) is 1. The van der Waals surface area contributed by atoms with Crippen molar-refractivity contribution in [3.63, 3.8) is 0 Å². The molecule has 0 aliphatic carbocycles. The third-order valence-electron chi connectivity index (χ3n) is 4.91. The maximum Gasteiger partial charge on any atom is 0.278 e. The first-order chi connectivity index (χ1) is 14.8. The molecule has 1 aliphatic heterocycles. The van der Waals surface area contributed by atoms with Crippen molar-refractivity contribution in [1.82, 2.24) is 15.0 Å². The lowest BCUT2D eigenvalue weighted by Gasteiger charge is -2.17. The third-order valence-corrected chi connectivity index (χ3v) is 6.78. The number of nitro benzene ring substituents is 1. The predicted octanol–water partition coefficient (Wildman–Crippen LogP) is 2.28. The first-order valence-electron chi connectivity index (χ1n) is 9.35. The van der Waals surface area contributed by atoms with Gasteiger partial charge in [0.1, 0.15) is 0 Å². The molecule has 0 unspecified atom stereocenters. The van der Waals surface area contributed by atoms with Crippen molar-refractivity contribution in [2.24, 2.45) is 0 Å². The van der Waals surface area contributed by atoms with Crippen molar-refractivity contribution in [3.8, 4) is 5.69 Å². The summed E-state index contributed by atoms with van der Waals surface area (Å²) >= 11 is 0. The summed E-state index contributed by atoms with van der Waals surface area (Å²) in [6.45, 7) is 2.07. The first-order valence-corrected chi connectivity index (χ1v) is 11.0. The number of carbonyl (C=O) groups is 1. The molecule has 2 aromatic carbocycles. The normalized spacial score (nSPS) is 15.1. The highest BCUT2D eigenvalue weighted by atomic mass is 32.2. The van der Waals surface area contributed by atoms with Crippen LogP contribution in [-0.2, 0) is 10.0 Å². The van der Waals surface area contributed by atoms with Crippen LogP contribution in [0, 0.1) is 17.0 Å². The number of benzene rings is 2. The van der Waals surface area contributed by atoms with Gasteiger partial charge in [0.05, 0.1) is 27.7 Å². The number of carbonyl (C=O) groups excluding carboxylic acids is 1. The van der Waals surface area contributed by atoms with E-state index in [1.807, 2.05) is 0 Å². The molecule has 0 radical (unpaired) electrons. The Kier molecular flexibility index (Phi) is 5.15. The molecule has 1 fully saturated rings. The summed E-state index contributed by atoms with van der Waals surface area (Å²) in [5.41, 5.74) is 1.81. The van der Waals surface area contributed by atoms with Crippen LogP contribution >= 0.6 is 0 Å². The lowest BCUT2D eigenvalue weighted by atomic mass is 10.2. The van der Waals surface area contributed by atoms with E-state index < -0.39 is 20.9 Å². The van der Waals surface area contributed by atoms with Crippen LogP contribution in [0.4, 0.5) is 17.1 Å². The molecule has 12 heteroatoms. The van der Waals surface area contributed by atoms with Crippen molar-refractivity contribution in [2.75, 3.05) is 21.9 Å². The van der Waals surface area contributed by atoms with Crippen LogP contribution in [0.25, 0.3) is 5.69 Å². The summed E-state index contributed by atoms with van der Waals surface area (Å²) in [6, 6.07) is 12.3. The van der Waals surface area contributed by atoms with Gasteiger partial charge in [-0.15, -0.1) is 5.10 Å². The van der Waals surface area contributed by atoms with Gasteiger partial charge in [0, 0.05) is 24.4 Å². The van der Waals surface area contributed by atoms with E-state index in [1.54, 1.807) is 37.3 Å². The zero-order valence-electron chi connectivity index (χ0n) is 16.4. The van der Waals surface area contributed by atoms with Crippen LogP contribution in [0.1, 0.15) is 22.6 Å². The molecule has 0 spiro atoms. The number of anilines is 2. The average molecular weight is 442 g/mol. The standard InChI is InChI=1S/C19H18N6O5S/c1-13-18(21-22-24(13)16-4-2-5-17(12-16)25(27)28)19(26)20-14-6-8-15(9-7-14)23-10-3-11-31(23,29)30/h2,4-9,12H,3,10-11H2,1H3,(H,20,26). The molecule has 1 aliphatic rings. The minimum atomic E-state index is -3.27. The van der Waals surface area contributed by atoms with Gasteiger partial charge in [-0.1, -0.05) is 11.3 Å². The Bertz CT molecular complexity index is 1270. The highest BCUT2D eigenvalue weighted by molar-refractivity contribution is 7.93. The quantitative estimate of drug-likeness (QED) is 0.472. The number of aromatic nitrogens is 3. The molecule has 1 amide bonds. The summed E-state index contributed by atoms with van der Waals surface area (Å²) < 4.78 is 26.8. The zero-order valence-corrected chi connectivity index (χ0v) is 17.2. The van der Waals surface area contributed by atoms with Crippen LogP contribution in [0.15, 0.2) is 48.5 Å². The van der Waals surface area contributed by atoms with Crippen molar-refractivity contribution in [1.29, 1.82) is 0 Å². The Hall–Kier alpha value is -3.80. The molecule has 11 nitrogen and oxygen atoms in total. The van der Waals surface area contributed by atoms with Crippen molar-refractivity contribution < 1.29 is 18.1 Å². The fraction of sp³-hybridized carbons (Fsp3) is 0.211. The SMILES string of the molecule is Cc1c(C(=O)Nc2ccc(N3CCCS3(=O)=O)cc2)nnn1-c1cccc([N+](=O)[O-])c1. The molecule has 1 saturated heterocycles. The van der Waals surface area contributed by atoms with E-state index in [2.05, 4.69) is 15.6 Å². The van der Waals surface area contributed by atoms with Crippen LogP contribution < -0.4 is 9.62 Å². The molecule has 160 valence electrons. The van der Waals surface area contributed by atoms with Gasteiger partial charge < -0.3 is 5.32 Å². The Morgan fingerprint density at radius 2 is 1.90 bits per heavy atom. The fourth-order valence-electron chi connectivity index (χ4n) is 3.35. The lowest BCUT2D eigenvalue weighted by molar-refractivity contribution is -0.384. The van der Waals surface area contributed by atoms with Crippen molar-refractivity contribution in [2.45, 2.75) is 13.3 Å². The second-order valence-electron chi connectivity index (χ2n) is 6.95. The molecular weight excluding hydrogens is 424 g/mol. The lowest BCUT2D eigenvalue weighted by Crippen LogP contribution is -2.25. The van der Waals surface area contributed by atoms with Gasteiger partial charge in [0.25, 0.3) is 11.6 Å². The molecule has 0 atom stereocenters. The molecule has 2 heterocycles. The maximum atomic E-state index is 12.7. The number of nitro groups is 1. The second-order valence-corrected chi connectivity index (χ2v) is 8.97. The van der Waals surface area contributed by atoms with Crippen LogP contribution in [0.2, 0.25) is 0 Å². The van der Waals surface area contributed by atoms with Crippen LogP contribution in [-0.4, -0.2) is 46.5 Å². The highest BCUT2D eigenvalue weighted by Gasteiger charge is 2.28. The fourth-order valence-corrected chi connectivity index (χ4v) is 4.92. The molecule has 0 saturated carbocycles. The molecular formula is C19H18N6O5S. The van der Waals surface area contributed by atoms with E-state index in [0.29, 0.717) is 35.7 Å². The minimum Gasteiger partial charge on any atom is -0.321 e. The van der Waals surface area contributed by atoms with Gasteiger partial charge in [-0.2, -0.15) is 0 Å². The smallest absolute Gasteiger partial charge is 0.278 e. The Morgan fingerprint density at radius 3 is 2.55 bits per heavy atom. The van der Waals surface area contributed by atoms with Crippen molar-refractivity contribution in [3.05, 3.63) is 70.0 Å². The second kappa shape index (κ2) is 7.80. The zero-order chi connectivity index (χ0) is 22.2. The average Bonchev–Trinajstić information content (AvgIpc) is 3.30. The number of sulfonamides is 1. The molecule has 31 heavy (non-hydrogen) atoms. The first kappa shape index (κ1) is 20.5. The highest BCUT2D eigenvalue weighted by Crippen LogP contribution is 2.25. The van der Waals surface area contributed by atoms with Gasteiger partial charge >= 0.3 is 0 Å². The summed E-state index contributed by atoms with van der Waals surface area (Å²) in [5, 5.41) is 21.5. The maximum absolute atomic E-state index is 12.7. The Morgan fingerprint density at radius 1 is 1.16 bits per heavy atom. The van der Waals surface area contributed by atoms with Gasteiger partial charge in [-0.3, -0.25) is 19.2 Å². The summed E-state index contributed by atoms with van der Waals surface area (Å²) in [4.78, 5) is 23.1. The summed E-state index contributed by atoms with van der Waals surface area (Å²) in [6.07, 6.45) is 0.584. The van der Waals surface area contributed by atoms with E-state index >= 15 is 0 Å². The monoisotopic (exact) mass is 442 g/mol. The van der Waals surface area contributed by atoms with E-state index in [9.17, 15) is 23.3 Å². The van der Waals surface area contributed by atoms with Crippen LogP contribution in [0.5, 0.6) is 0 Å². The minimum absolute atomic E-state index is 0.0673. The molecule has 4 rings (SSSR count). The number of nitrogens with zero attached hydrogens (tertiary/aromatic N) is 5. The van der Waals surface area contributed by atoms with Gasteiger partial charge in [0.15, 0.2) is 5.69 Å². The van der Waals surface area contributed by atoms with Gasteiger partial charge in [0.2, 0.25) is 10.0 Å². The molecule has 0 bridgehead atoms. The Labute approximate surface area is 177 Å². The number of rotatable bonds is 5. The number of hydrogen-bond acceptors (Lipinski definition) is 7. The van der Waals surface area contributed by atoms with Gasteiger partial charge in [-0.25, -0.2) is 13.1 Å². The van der Waals surface area contributed by atoms with Crippen LogP contribution in [0.3, 0.4) is 0 Å². The number of nitrogens with one attached hydrogen (secondary N) is 1. The third kappa shape index (κ3) is 3.97. The van der Waals surface area contributed by atoms with E-state index in [0.717, 1.165) is 0 Å². The summed E-state index contributed by atoms with van der Waals surface area (Å²) in [7, 11) is -3.27. The number of non-ortho nitro benzene ring substituents is 1. The topological polar surface area (TPSA) is 140 Å². The van der Waals surface area contributed by atoms with Crippen molar-refractivity contribution >= 4 is 33.0 Å². The summed E-state index contributed by atoms with van der Waals surface area (Å²) in [5.74, 6) is -0.374. The molecule has 3 aromatic rings. The van der Waals surface area contributed by atoms with E-state index in [1.165, 1.54) is 27.2 Å². The van der Waals surface area contributed by atoms with E-state index in [4.69, 9.17) is 0 Å². The Balaban J connectivity index is 1.52.